The van der Waals surface area contributed by atoms with Crippen LogP contribution in [0.3, 0.4) is 0 Å². The first-order valence-electron chi connectivity index (χ1n) is 9.10. The van der Waals surface area contributed by atoms with Crippen LogP contribution in [0.25, 0.3) is 22.3 Å². The van der Waals surface area contributed by atoms with Crippen molar-refractivity contribution in [1.82, 2.24) is 15.3 Å². The van der Waals surface area contributed by atoms with Crippen LogP contribution in [-0.4, -0.2) is 46.3 Å². The Labute approximate surface area is 168 Å². The average molecular weight is 420 g/mol. The van der Waals surface area contributed by atoms with E-state index in [0.29, 0.717) is 28.8 Å². The predicted octanol–water partition coefficient (Wildman–Crippen LogP) is 3.40. The summed E-state index contributed by atoms with van der Waals surface area (Å²) in [4.78, 5) is 21.8. The number of nitrogens with one attached hydrogen (secondary N) is 1. The van der Waals surface area contributed by atoms with Gasteiger partial charge in [0.05, 0.1) is 11.1 Å². The average Bonchev–Trinajstić information content (AvgIpc) is 3.15. The number of aromatic nitrogens is 2. The molecule has 0 aliphatic carbocycles. The van der Waals surface area contributed by atoms with Crippen molar-refractivity contribution in [2.45, 2.75) is 18.6 Å². The summed E-state index contributed by atoms with van der Waals surface area (Å²) in [6, 6.07) is 9.68. The largest absolute Gasteiger partial charge is 0.507 e. The van der Waals surface area contributed by atoms with Crippen LogP contribution in [0, 0.1) is 5.82 Å². The molecule has 3 aromatic rings. The minimum atomic E-state index is -4.96. The van der Waals surface area contributed by atoms with Gasteiger partial charge in [-0.15, -0.1) is 0 Å². The number of hydrogen-bond donors (Lipinski definition) is 2. The number of hydrogen-bond acceptors (Lipinski definition) is 5. The molecule has 0 bridgehead atoms. The Morgan fingerprint density at radius 2 is 1.93 bits per heavy atom. The molecule has 6 nitrogen and oxygen atoms in total. The van der Waals surface area contributed by atoms with Gasteiger partial charge in [-0.1, -0.05) is 12.1 Å². The van der Waals surface area contributed by atoms with Gasteiger partial charge >= 0.3 is 12.1 Å². The lowest BCUT2D eigenvalue weighted by molar-refractivity contribution is -0.174. The number of aromatic hydroxyl groups is 1. The van der Waals surface area contributed by atoms with Crippen LogP contribution in [-0.2, 0) is 4.79 Å². The van der Waals surface area contributed by atoms with Crippen LogP contribution in [0.4, 0.5) is 23.4 Å². The molecule has 1 aliphatic rings. The molecule has 30 heavy (non-hydrogen) atoms. The first-order chi connectivity index (χ1) is 14.2. The number of anilines is 1. The minimum Gasteiger partial charge on any atom is -0.507 e. The maximum Gasteiger partial charge on any atom is 0.471 e. The molecule has 1 atom stereocenters. The molecule has 0 radical (unpaired) electrons. The minimum absolute atomic E-state index is 0.0401. The number of alkyl halides is 3. The van der Waals surface area contributed by atoms with E-state index >= 15 is 0 Å². The number of amides is 1. The van der Waals surface area contributed by atoms with Gasteiger partial charge in [0.1, 0.15) is 17.4 Å². The quantitative estimate of drug-likeness (QED) is 0.635. The first-order valence-corrected chi connectivity index (χ1v) is 9.10. The van der Waals surface area contributed by atoms with Gasteiger partial charge in [0.25, 0.3) is 0 Å². The molecule has 156 valence electrons. The Balaban J connectivity index is 1.72. The van der Waals surface area contributed by atoms with Crippen LogP contribution in [0.5, 0.6) is 5.75 Å². The van der Waals surface area contributed by atoms with Crippen molar-refractivity contribution in [1.29, 1.82) is 0 Å². The lowest BCUT2D eigenvalue weighted by Gasteiger charge is -2.21. The molecule has 0 unspecified atom stereocenters. The summed E-state index contributed by atoms with van der Waals surface area (Å²) >= 11 is 0. The molecule has 0 spiro atoms. The number of nitrogens with zero attached hydrogens (tertiary/aromatic N) is 3. The zero-order chi connectivity index (χ0) is 21.5. The van der Waals surface area contributed by atoms with Crippen molar-refractivity contribution >= 4 is 22.6 Å². The molecule has 1 fully saturated rings. The molecule has 10 heteroatoms. The van der Waals surface area contributed by atoms with E-state index < -0.39 is 23.9 Å². The molecule has 1 aromatic heterocycles. The molecule has 1 saturated heterocycles. The Morgan fingerprint density at radius 3 is 2.67 bits per heavy atom. The molecule has 2 N–H and O–H groups in total. The molecule has 2 heterocycles. The second kappa shape index (κ2) is 7.43. The Hall–Kier alpha value is -3.43. The number of carbonyl (C=O) groups is 1. The number of benzene rings is 2. The van der Waals surface area contributed by atoms with Crippen molar-refractivity contribution in [3.05, 3.63) is 48.3 Å². The molecule has 0 saturated carbocycles. The van der Waals surface area contributed by atoms with Gasteiger partial charge in [-0.25, -0.2) is 14.4 Å². The van der Waals surface area contributed by atoms with Crippen LogP contribution in [0.15, 0.2) is 42.5 Å². The van der Waals surface area contributed by atoms with Gasteiger partial charge in [0.2, 0.25) is 0 Å². The fraction of sp³-hybridized carbons (Fsp3) is 0.250. The molecule has 2 aromatic carbocycles. The highest BCUT2D eigenvalue weighted by Gasteiger charge is 2.40. The summed E-state index contributed by atoms with van der Waals surface area (Å²) in [7, 11) is 0. The van der Waals surface area contributed by atoms with Crippen molar-refractivity contribution in [2.24, 2.45) is 0 Å². The van der Waals surface area contributed by atoms with Crippen molar-refractivity contribution < 1.29 is 27.5 Å². The van der Waals surface area contributed by atoms with Gasteiger partial charge in [-0.2, -0.15) is 13.2 Å². The maximum absolute atomic E-state index is 13.9. The molecule has 1 amide bonds. The summed E-state index contributed by atoms with van der Waals surface area (Å²) in [6.07, 6.45) is -4.69. The zero-order valence-electron chi connectivity index (χ0n) is 15.4. The van der Waals surface area contributed by atoms with Gasteiger partial charge in [-0.3, -0.25) is 4.79 Å². The maximum atomic E-state index is 13.9. The van der Waals surface area contributed by atoms with Gasteiger partial charge < -0.3 is 15.3 Å². The zero-order valence-corrected chi connectivity index (χ0v) is 15.4. The van der Waals surface area contributed by atoms with Gasteiger partial charge in [0.15, 0.2) is 5.82 Å². The summed E-state index contributed by atoms with van der Waals surface area (Å²) in [6.45, 7) is 0.385. The van der Waals surface area contributed by atoms with E-state index in [4.69, 9.17) is 0 Å². The fourth-order valence-corrected chi connectivity index (χ4v) is 3.45. The number of phenols is 1. The lowest BCUT2D eigenvalue weighted by atomic mass is 10.1. The number of para-hydroxylation sites is 1. The Morgan fingerprint density at radius 1 is 1.17 bits per heavy atom. The normalized spacial score (nSPS) is 16.8. The highest BCUT2D eigenvalue weighted by Crippen LogP contribution is 2.33. The number of fused-ring (bicyclic) bond motifs is 1. The van der Waals surface area contributed by atoms with E-state index in [9.17, 15) is 27.5 Å². The van der Waals surface area contributed by atoms with E-state index in [-0.39, 0.29) is 24.5 Å². The van der Waals surface area contributed by atoms with Crippen LogP contribution in [0.1, 0.15) is 6.42 Å². The number of phenolic OH excluding ortho intramolecular Hbond substituents is 1. The number of halogens is 4. The topological polar surface area (TPSA) is 78.4 Å². The number of rotatable bonds is 3. The Kier molecular flexibility index (Phi) is 4.92. The van der Waals surface area contributed by atoms with Gasteiger partial charge in [-0.05, 0) is 36.8 Å². The fourth-order valence-electron chi connectivity index (χ4n) is 3.45. The summed E-state index contributed by atoms with van der Waals surface area (Å²) in [5.74, 6) is -2.03. The van der Waals surface area contributed by atoms with Crippen molar-refractivity contribution in [3.8, 4) is 17.1 Å². The van der Waals surface area contributed by atoms with E-state index in [1.165, 1.54) is 24.3 Å². The highest BCUT2D eigenvalue weighted by atomic mass is 19.4. The van der Waals surface area contributed by atoms with E-state index in [1.54, 1.807) is 23.1 Å². The van der Waals surface area contributed by atoms with Gasteiger partial charge in [0, 0.05) is 24.5 Å². The third-order valence-corrected chi connectivity index (χ3v) is 4.86. The SMILES string of the molecule is O=C(N[C@H]1CCN(c2nc(-c3ccccc3O)nc3ccc(F)cc23)C1)C(F)(F)F. The molecule has 4 rings (SSSR count). The van der Waals surface area contributed by atoms with Crippen molar-refractivity contribution in [2.75, 3.05) is 18.0 Å². The highest BCUT2D eigenvalue weighted by molar-refractivity contribution is 5.91. The van der Waals surface area contributed by atoms with Crippen molar-refractivity contribution in [3.63, 3.8) is 0 Å². The molecular weight excluding hydrogens is 404 g/mol. The summed E-state index contributed by atoms with van der Waals surface area (Å²) < 4.78 is 51.5. The smallest absolute Gasteiger partial charge is 0.471 e. The van der Waals surface area contributed by atoms with Crippen LogP contribution < -0.4 is 10.2 Å². The third kappa shape index (κ3) is 3.85. The van der Waals surface area contributed by atoms with Crippen LogP contribution in [0.2, 0.25) is 0 Å². The van der Waals surface area contributed by atoms with E-state index in [2.05, 4.69) is 9.97 Å². The second-order valence-corrected chi connectivity index (χ2v) is 6.95. The lowest BCUT2D eigenvalue weighted by Crippen LogP contribution is -2.44. The summed E-state index contributed by atoms with van der Waals surface area (Å²) in [5.41, 5.74) is 0.786. The predicted molar refractivity (Wildman–Crippen MR) is 101 cm³/mol. The second-order valence-electron chi connectivity index (χ2n) is 6.95. The first kappa shape index (κ1) is 19.9. The molecular formula is C20H16F4N4O2. The summed E-state index contributed by atoms with van der Waals surface area (Å²) in [5, 5.41) is 12.5. The number of carbonyl (C=O) groups excluding carboxylic acids is 1. The molecule has 1 aliphatic heterocycles. The van der Waals surface area contributed by atoms with E-state index in [1.807, 2.05) is 5.32 Å². The van der Waals surface area contributed by atoms with E-state index in [0.717, 1.165) is 0 Å². The monoisotopic (exact) mass is 420 g/mol. The standard InChI is InChI=1S/C20H16F4N4O2/c21-11-5-6-15-14(9-11)18(27-17(26-15)13-3-1-2-4-16(13)29)28-8-7-12(10-28)25-19(30)20(22,23)24/h1-6,9,12,29H,7-8,10H2,(H,25,30)/t12-/m0/s1. The third-order valence-electron chi connectivity index (χ3n) is 4.86. The van der Waals surface area contributed by atoms with Crippen LogP contribution >= 0.6 is 0 Å². The Bertz CT molecular complexity index is 1120.